The van der Waals surface area contributed by atoms with Crippen LogP contribution in [-0.4, -0.2) is 18.5 Å². The predicted octanol–water partition coefficient (Wildman–Crippen LogP) is 4.21. The van der Waals surface area contributed by atoms with Crippen molar-refractivity contribution < 1.29 is 4.92 Å². The molecule has 0 amide bonds. The van der Waals surface area contributed by atoms with Gasteiger partial charge in [0.05, 0.1) is 4.92 Å². The first kappa shape index (κ1) is 14.6. The van der Waals surface area contributed by atoms with E-state index >= 15 is 0 Å². The quantitative estimate of drug-likeness (QED) is 0.465. The van der Waals surface area contributed by atoms with Crippen LogP contribution in [0.5, 0.6) is 0 Å². The van der Waals surface area contributed by atoms with E-state index in [1.165, 1.54) is 25.7 Å². The average Bonchev–Trinajstić information content (AvgIpc) is 3.09. The van der Waals surface area contributed by atoms with Gasteiger partial charge in [-0.25, -0.2) is 0 Å². The van der Waals surface area contributed by atoms with Crippen LogP contribution in [0.3, 0.4) is 0 Å². The van der Waals surface area contributed by atoms with E-state index in [0.29, 0.717) is 17.5 Å². The first-order valence-electron chi connectivity index (χ1n) is 7.63. The van der Waals surface area contributed by atoms with Crippen LogP contribution in [0.25, 0.3) is 0 Å². The summed E-state index contributed by atoms with van der Waals surface area (Å²) >= 11 is 5.78. The fraction of sp³-hybridized carbons (Fsp3) is 0.625. The number of fused-ring (bicyclic) bond motifs is 2. The van der Waals surface area contributed by atoms with Crippen molar-refractivity contribution in [2.45, 2.75) is 31.6 Å². The van der Waals surface area contributed by atoms with E-state index in [9.17, 15) is 10.1 Å². The summed E-state index contributed by atoms with van der Waals surface area (Å²) in [5.74, 6) is 2.73. The highest BCUT2D eigenvalue weighted by molar-refractivity contribution is 6.17. The largest absolute Gasteiger partial charge is 0.369 e. The van der Waals surface area contributed by atoms with Crippen molar-refractivity contribution in [1.29, 1.82) is 0 Å². The van der Waals surface area contributed by atoms with E-state index in [2.05, 4.69) is 4.90 Å². The summed E-state index contributed by atoms with van der Waals surface area (Å²) in [5, 5.41) is 11.3. The van der Waals surface area contributed by atoms with Crippen LogP contribution in [0.4, 0.5) is 11.4 Å². The molecule has 1 aromatic rings. The van der Waals surface area contributed by atoms with E-state index in [-0.39, 0.29) is 10.6 Å². The maximum atomic E-state index is 11.3. The number of alkyl halides is 1. The molecule has 0 spiro atoms. The minimum absolute atomic E-state index is 0.166. The number of nitrogens with zero attached hydrogens (tertiary/aromatic N) is 2. The van der Waals surface area contributed by atoms with E-state index in [1.807, 2.05) is 19.2 Å². The number of anilines is 1. The Morgan fingerprint density at radius 2 is 2.19 bits per heavy atom. The van der Waals surface area contributed by atoms with Crippen molar-refractivity contribution in [3.63, 3.8) is 0 Å². The van der Waals surface area contributed by atoms with Crippen LogP contribution in [0.2, 0.25) is 0 Å². The highest BCUT2D eigenvalue weighted by atomic mass is 35.5. The molecule has 4 nitrogen and oxygen atoms in total. The molecule has 3 rings (SSSR count). The predicted molar refractivity (Wildman–Crippen MR) is 84.9 cm³/mol. The van der Waals surface area contributed by atoms with Crippen LogP contribution >= 0.6 is 11.6 Å². The van der Waals surface area contributed by atoms with Gasteiger partial charge in [0.15, 0.2) is 0 Å². The maximum absolute atomic E-state index is 11.3. The van der Waals surface area contributed by atoms with Gasteiger partial charge in [-0.1, -0.05) is 12.5 Å². The second-order valence-electron chi connectivity index (χ2n) is 6.53. The lowest BCUT2D eigenvalue weighted by Crippen LogP contribution is -2.29. The third-order valence-corrected chi connectivity index (χ3v) is 5.50. The molecule has 3 atom stereocenters. The fourth-order valence-electron chi connectivity index (χ4n) is 4.17. The Balaban J connectivity index is 1.77. The van der Waals surface area contributed by atoms with Crippen LogP contribution in [0.15, 0.2) is 18.2 Å². The minimum atomic E-state index is -0.303. The summed E-state index contributed by atoms with van der Waals surface area (Å²) < 4.78 is 0. The monoisotopic (exact) mass is 308 g/mol. The highest BCUT2D eigenvalue weighted by Gasteiger charge is 2.40. The van der Waals surface area contributed by atoms with Crippen molar-refractivity contribution in [2.75, 3.05) is 18.5 Å². The topological polar surface area (TPSA) is 46.4 Å². The number of hydrogen-bond donors (Lipinski definition) is 0. The van der Waals surface area contributed by atoms with E-state index < -0.39 is 0 Å². The number of halogens is 1. The van der Waals surface area contributed by atoms with Gasteiger partial charge in [0.25, 0.3) is 5.69 Å². The van der Waals surface area contributed by atoms with E-state index in [4.69, 9.17) is 11.6 Å². The maximum Gasteiger partial charge on any atom is 0.292 e. The molecule has 1 aromatic carbocycles. The summed E-state index contributed by atoms with van der Waals surface area (Å²) in [6.07, 6.45) is 5.39. The molecule has 0 N–H and O–H groups in total. The van der Waals surface area contributed by atoms with Crippen LogP contribution < -0.4 is 4.90 Å². The zero-order valence-electron chi connectivity index (χ0n) is 12.3. The standard InChI is InChI=1S/C16H21ClN2O2/c1-18(10-14-7-11-2-4-13(14)6-11)15-5-3-12(9-17)8-16(15)19(20)21/h3,5,8,11,13-14H,2,4,6-7,9-10H2,1H3. The minimum Gasteiger partial charge on any atom is -0.369 e. The third kappa shape index (κ3) is 2.86. The molecule has 2 fully saturated rings. The van der Waals surface area contributed by atoms with Gasteiger partial charge in [0, 0.05) is 25.5 Å². The number of hydrogen-bond acceptors (Lipinski definition) is 3. The first-order chi connectivity index (χ1) is 10.1. The molecule has 0 heterocycles. The molecule has 0 radical (unpaired) electrons. The van der Waals surface area contributed by atoms with Gasteiger partial charge in [0.2, 0.25) is 0 Å². The van der Waals surface area contributed by atoms with Crippen LogP contribution in [0.1, 0.15) is 31.2 Å². The molecule has 5 heteroatoms. The molecule has 0 aromatic heterocycles. The molecule has 114 valence electrons. The Labute approximate surface area is 130 Å². The summed E-state index contributed by atoms with van der Waals surface area (Å²) in [4.78, 5) is 13.0. The molecule has 21 heavy (non-hydrogen) atoms. The summed E-state index contributed by atoms with van der Waals surface area (Å²) in [6.45, 7) is 0.919. The zero-order valence-corrected chi connectivity index (χ0v) is 13.1. The smallest absolute Gasteiger partial charge is 0.292 e. The molecule has 3 unspecified atom stereocenters. The van der Waals surface area contributed by atoms with Crippen molar-refractivity contribution >= 4 is 23.0 Å². The number of nitro benzene ring substituents is 1. The Morgan fingerprint density at radius 1 is 1.38 bits per heavy atom. The summed E-state index contributed by atoms with van der Waals surface area (Å²) in [7, 11) is 1.97. The molecule has 2 aliphatic rings. The van der Waals surface area contributed by atoms with Crippen molar-refractivity contribution in [3.8, 4) is 0 Å². The van der Waals surface area contributed by atoms with E-state index in [0.717, 1.165) is 23.9 Å². The lowest BCUT2D eigenvalue weighted by atomic mass is 9.88. The van der Waals surface area contributed by atoms with Crippen LogP contribution in [0, 0.1) is 27.9 Å². The lowest BCUT2D eigenvalue weighted by molar-refractivity contribution is -0.384. The van der Waals surface area contributed by atoms with Gasteiger partial charge < -0.3 is 4.90 Å². The fourth-order valence-corrected chi connectivity index (χ4v) is 4.34. The highest BCUT2D eigenvalue weighted by Crippen LogP contribution is 2.48. The molecule has 2 aliphatic carbocycles. The molecule has 0 saturated heterocycles. The number of benzene rings is 1. The first-order valence-corrected chi connectivity index (χ1v) is 8.16. The Bertz CT molecular complexity index is 549. The van der Waals surface area contributed by atoms with Gasteiger partial charge in [-0.3, -0.25) is 10.1 Å². The normalized spacial score (nSPS) is 27.0. The Kier molecular flexibility index (Phi) is 4.07. The van der Waals surface area contributed by atoms with Gasteiger partial charge in [-0.15, -0.1) is 11.6 Å². The van der Waals surface area contributed by atoms with Crippen molar-refractivity contribution in [3.05, 3.63) is 33.9 Å². The van der Waals surface area contributed by atoms with E-state index in [1.54, 1.807) is 6.07 Å². The van der Waals surface area contributed by atoms with Gasteiger partial charge in [-0.05, 0) is 48.6 Å². The summed E-state index contributed by atoms with van der Waals surface area (Å²) in [5.41, 5.74) is 1.66. The van der Waals surface area contributed by atoms with Gasteiger partial charge in [-0.2, -0.15) is 0 Å². The van der Waals surface area contributed by atoms with Crippen molar-refractivity contribution in [1.82, 2.24) is 0 Å². The molecular weight excluding hydrogens is 288 g/mol. The SMILES string of the molecule is CN(CC1CC2CCC1C2)c1ccc(CCl)cc1[N+](=O)[O-]. The third-order valence-electron chi connectivity index (χ3n) is 5.19. The Morgan fingerprint density at radius 3 is 2.76 bits per heavy atom. The van der Waals surface area contributed by atoms with Gasteiger partial charge in [0.1, 0.15) is 5.69 Å². The molecule has 0 aliphatic heterocycles. The van der Waals surface area contributed by atoms with Crippen LogP contribution in [-0.2, 0) is 5.88 Å². The molecule has 2 saturated carbocycles. The zero-order chi connectivity index (χ0) is 15.0. The lowest BCUT2D eigenvalue weighted by Gasteiger charge is -2.28. The number of rotatable bonds is 5. The second-order valence-corrected chi connectivity index (χ2v) is 6.80. The average molecular weight is 309 g/mol. The molecule has 2 bridgehead atoms. The Hall–Kier alpha value is -1.29. The summed E-state index contributed by atoms with van der Waals surface area (Å²) in [6, 6.07) is 5.31. The van der Waals surface area contributed by atoms with Crippen molar-refractivity contribution in [2.24, 2.45) is 17.8 Å². The van der Waals surface area contributed by atoms with Gasteiger partial charge >= 0.3 is 0 Å². The molecular formula is C16H21ClN2O2. The number of nitro groups is 1. The second kappa shape index (κ2) is 5.84.